The third-order valence-corrected chi connectivity index (χ3v) is 5.02. The van der Waals surface area contributed by atoms with Gasteiger partial charge in [0.05, 0.1) is 31.5 Å². The zero-order valence-electron chi connectivity index (χ0n) is 17.5. The van der Waals surface area contributed by atoms with Gasteiger partial charge in [0.15, 0.2) is 0 Å². The molecule has 1 aromatic carbocycles. The Labute approximate surface area is 173 Å². The molecule has 1 saturated heterocycles. The van der Waals surface area contributed by atoms with E-state index in [2.05, 4.69) is 34.0 Å². The Kier molecular flexibility index (Phi) is 8.49. The van der Waals surface area contributed by atoms with Crippen LogP contribution < -0.4 is 4.90 Å². The number of aliphatic hydroxyl groups is 1. The highest BCUT2D eigenvalue weighted by molar-refractivity contribution is 5.68. The van der Waals surface area contributed by atoms with E-state index in [0.29, 0.717) is 39.5 Å². The summed E-state index contributed by atoms with van der Waals surface area (Å²) in [5.74, 6) is 0.813. The molecule has 7 nitrogen and oxygen atoms in total. The van der Waals surface area contributed by atoms with Crippen LogP contribution in [0.2, 0.25) is 0 Å². The van der Waals surface area contributed by atoms with Gasteiger partial charge in [-0.3, -0.25) is 4.90 Å². The normalized spacial score (nSPS) is 15.8. The smallest absolute Gasteiger partial charge is 0.232 e. The Morgan fingerprint density at radius 3 is 2.66 bits per heavy atom. The molecule has 2 heterocycles. The quantitative estimate of drug-likeness (QED) is 0.619. The first-order valence-electron chi connectivity index (χ1n) is 10.6. The third kappa shape index (κ3) is 6.02. The lowest BCUT2D eigenvalue weighted by molar-refractivity contribution is 0.0196. The highest BCUT2D eigenvalue weighted by Crippen LogP contribution is 2.33. The lowest BCUT2D eigenvalue weighted by Crippen LogP contribution is -2.38. The van der Waals surface area contributed by atoms with Crippen molar-refractivity contribution in [3.05, 3.63) is 35.9 Å². The molecule has 0 amide bonds. The van der Waals surface area contributed by atoms with Crippen molar-refractivity contribution in [3.63, 3.8) is 0 Å². The van der Waals surface area contributed by atoms with Gasteiger partial charge in [-0.05, 0) is 19.9 Å². The van der Waals surface area contributed by atoms with Crippen molar-refractivity contribution in [1.29, 1.82) is 0 Å². The van der Waals surface area contributed by atoms with E-state index in [-0.39, 0.29) is 0 Å². The first kappa shape index (κ1) is 21.8. The molecule has 1 aliphatic rings. The molecule has 0 spiro atoms. The number of morpholine rings is 1. The minimum absolute atomic E-state index is 0.349. The van der Waals surface area contributed by atoms with Gasteiger partial charge in [-0.25, -0.2) is 0 Å². The predicted octanol–water partition coefficient (Wildman–Crippen LogP) is 2.79. The van der Waals surface area contributed by atoms with Crippen molar-refractivity contribution >= 4 is 5.88 Å². The molecule has 0 radical (unpaired) electrons. The molecule has 1 N–H and O–H groups in total. The van der Waals surface area contributed by atoms with E-state index >= 15 is 0 Å². The fraction of sp³-hybridized carbons (Fsp3) is 0.591. The lowest BCUT2D eigenvalue weighted by atomic mass is 10.1. The van der Waals surface area contributed by atoms with Crippen molar-refractivity contribution in [2.75, 3.05) is 57.5 Å². The van der Waals surface area contributed by atoms with E-state index in [0.717, 1.165) is 48.8 Å². The molecule has 0 aliphatic carbocycles. The van der Waals surface area contributed by atoms with Crippen molar-refractivity contribution in [2.24, 2.45) is 0 Å². The van der Waals surface area contributed by atoms with Crippen LogP contribution in [0.25, 0.3) is 11.3 Å². The molecule has 0 saturated carbocycles. The van der Waals surface area contributed by atoms with Gasteiger partial charge in [0.25, 0.3) is 0 Å². The molecular weight excluding hydrogens is 370 g/mol. The molecular formula is C22H33N3O4. The fourth-order valence-corrected chi connectivity index (χ4v) is 3.66. The number of hydrogen-bond acceptors (Lipinski definition) is 7. The summed E-state index contributed by atoms with van der Waals surface area (Å²) >= 11 is 0. The summed E-state index contributed by atoms with van der Waals surface area (Å²) in [4.78, 5) is 4.46. The molecule has 29 heavy (non-hydrogen) atoms. The number of hydrogen-bond donors (Lipinski definition) is 1. The van der Waals surface area contributed by atoms with Gasteiger partial charge in [0, 0.05) is 38.3 Å². The molecule has 1 atom stereocenters. The summed E-state index contributed by atoms with van der Waals surface area (Å²) in [5.41, 5.74) is 2.97. The van der Waals surface area contributed by atoms with Crippen LogP contribution in [0.4, 0.5) is 5.88 Å². The highest BCUT2D eigenvalue weighted by Gasteiger charge is 2.26. The van der Waals surface area contributed by atoms with Crippen LogP contribution in [0.1, 0.15) is 25.8 Å². The Hall–Kier alpha value is -1.93. The minimum atomic E-state index is -0.520. The highest BCUT2D eigenvalue weighted by atomic mass is 16.5. The summed E-state index contributed by atoms with van der Waals surface area (Å²) in [6, 6.07) is 10.1. The summed E-state index contributed by atoms with van der Waals surface area (Å²) < 4.78 is 16.7. The van der Waals surface area contributed by atoms with Crippen LogP contribution in [0.5, 0.6) is 0 Å². The Morgan fingerprint density at radius 1 is 1.21 bits per heavy atom. The van der Waals surface area contributed by atoms with Gasteiger partial charge in [-0.15, -0.1) is 0 Å². The van der Waals surface area contributed by atoms with Gasteiger partial charge >= 0.3 is 0 Å². The van der Waals surface area contributed by atoms with Crippen LogP contribution in [0.3, 0.4) is 0 Å². The topological polar surface area (TPSA) is 71.2 Å². The third-order valence-electron chi connectivity index (χ3n) is 5.02. The van der Waals surface area contributed by atoms with Gasteiger partial charge in [0.1, 0.15) is 5.69 Å². The summed E-state index contributed by atoms with van der Waals surface area (Å²) in [6.45, 7) is 10.1. The second kappa shape index (κ2) is 11.3. The summed E-state index contributed by atoms with van der Waals surface area (Å²) in [7, 11) is 0. The largest absolute Gasteiger partial charge is 0.389 e. The van der Waals surface area contributed by atoms with Crippen LogP contribution in [-0.4, -0.2) is 73.9 Å². The van der Waals surface area contributed by atoms with E-state index in [9.17, 15) is 5.11 Å². The molecule has 7 heteroatoms. The standard InChI is InChI=1S/C22H33N3O4/c1-3-10-24(15-19(26)17-27-4-2)16-20-21(18-8-6-5-7-9-18)23-29-22(20)25-11-13-28-14-12-25/h5-9,19,26H,3-4,10-17H2,1-2H3/t19-/m1/s1. The molecule has 1 fully saturated rings. The number of benzene rings is 1. The van der Waals surface area contributed by atoms with Crippen LogP contribution in [-0.2, 0) is 16.0 Å². The number of ether oxygens (including phenoxy) is 2. The number of aromatic nitrogens is 1. The van der Waals surface area contributed by atoms with Crippen molar-refractivity contribution < 1.29 is 19.1 Å². The molecule has 1 aromatic heterocycles. The van der Waals surface area contributed by atoms with Gasteiger partial charge in [0.2, 0.25) is 5.88 Å². The van der Waals surface area contributed by atoms with Gasteiger partial charge in [-0.1, -0.05) is 42.4 Å². The van der Waals surface area contributed by atoms with Gasteiger partial charge < -0.3 is 24.0 Å². The van der Waals surface area contributed by atoms with Crippen molar-refractivity contribution in [3.8, 4) is 11.3 Å². The van der Waals surface area contributed by atoms with E-state index < -0.39 is 6.10 Å². The summed E-state index contributed by atoms with van der Waals surface area (Å²) in [5, 5.41) is 14.8. The van der Waals surface area contributed by atoms with E-state index in [1.807, 2.05) is 25.1 Å². The van der Waals surface area contributed by atoms with Crippen molar-refractivity contribution in [2.45, 2.75) is 32.9 Å². The van der Waals surface area contributed by atoms with Gasteiger partial charge in [-0.2, -0.15) is 0 Å². The zero-order chi connectivity index (χ0) is 20.5. The molecule has 0 bridgehead atoms. The maximum atomic E-state index is 10.4. The Balaban J connectivity index is 1.86. The fourth-order valence-electron chi connectivity index (χ4n) is 3.66. The first-order chi connectivity index (χ1) is 14.2. The lowest BCUT2D eigenvalue weighted by Gasteiger charge is -2.29. The zero-order valence-corrected chi connectivity index (χ0v) is 17.5. The molecule has 0 unspecified atom stereocenters. The maximum absolute atomic E-state index is 10.4. The van der Waals surface area contributed by atoms with E-state index in [4.69, 9.17) is 14.0 Å². The minimum Gasteiger partial charge on any atom is -0.389 e. The first-order valence-corrected chi connectivity index (χ1v) is 10.6. The monoisotopic (exact) mass is 403 g/mol. The number of rotatable bonds is 11. The average molecular weight is 404 g/mol. The van der Waals surface area contributed by atoms with Crippen LogP contribution in [0.15, 0.2) is 34.9 Å². The average Bonchev–Trinajstić information content (AvgIpc) is 3.17. The van der Waals surface area contributed by atoms with E-state index in [1.165, 1.54) is 0 Å². The second-order valence-corrected chi connectivity index (χ2v) is 7.33. The number of anilines is 1. The maximum Gasteiger partial charge on any atom is 0.232 e. The Bertz CT molecular complexity index is 716. The molecule has 160 valence electrons. The van der Waals surface area contributed by atoms with Crippen LogP contribution >= 0.6 is 0 Å². The van der Waals surface area contributed by atoms with E-state index in [1.54, 1.807) is 0 Å². The number of nitrogens with zero attached hydrogens (tertiary/aromatic N) is 3. The molecule has 3 rings (SSSR count). The Morgan fingerprint density at radius 2 is 1.97 bits per heavy atom. The SMILES string of the molecule is CCCN(Cc1c(-c2ccccc2)noc1N1CCOCC1)C[C@@H](O)COCC. The van der Waals surface area contributed by atoms with Crippen molar-refractivity contribution in [1.82, 2.24) is 10.1 Å². The molecule has 2 aromatic rings. The number of aliphatic hydroxyl groups excluding tert-OH is 1. The predicted molar refractivity (Wildman–Crippen MR) is 113 cm³/mol. The second-order valence-electron chi connectivity index (χ2n) is 7.33. The molecule has 1 aliphatic heterocycles. The van der Waals surface area contributed by atoms with Crippen LogP contribution in [0, 0.1) is 0 Å². The summed E-state index contributed by atoms with van der Waals surface area (Å²) in [6.07, 6.45) is 0.480.